The predicted molar refractivity (Wildman–Crippen MR) is 221 cm³/mol. The van der Waals surface area contributed by atoms with Gasteiger partial charge in [0.2, 0.25) is 17.7 Å². The van der Waals surface area contributed by atoms with E-state index in [1.807, 2.05) is 0 Å². The summed E-state index contributed by atoms with van der Waals surface area (Å²) < 4.78 is 15.9. The number of rotatable bonds is 0. The van der Waals surface area contributed by atoms with Crippen LogP contribution in [0.1, 0.15) is 212 Å². The molecule has 0 aliphatic carbocycles. The molecule has 0 fully saturated rings. The van der Waals surface area contributed by atoms with Crippen molar-refractivity contribution in [3.63, 3.8) is 0 Å². The van der Waals surface area contributed by atoms with Gasteiger partial charge in [0.15, 0.2) is 11.7 Å². The fourth-order valence-electron chi connectivity index (χ4n) is 3.09. The van der Waals surface area contributed by atoms with Gasteiger partial charge in [-0.1, -0.05) is 178 Å². The molecule has 0 bridgehead atoms. The van der Waals surface area contributed by atoms with Crippen LogP contribution in [0.2, 0.25) is 0 Å². The number of hydrogen-bond acceptors (Lipinski definition) is 11. The summed E-state index contributed by atoms with van der Waals surface area (Å²) in [6, 6.07) is 0. The molecule has 0 saturated carbocycles. The van der Waals surface area contributed by atoms with Crippen molar-refractivity contribution in [2.24, 2.45) is 5.41 Å². The lowest BCUT2D eigenvalue weighted by Crippen LogP contribution is -2.15. The van der Waals surface area contributed by atoms with E-state index in [1.54, 1.807) is 23.8 Å². The van der Waals surface area contributed by atoms with Gasteiger partial charge in [-0.15, -0.1) is 31.7 Å². The standard InChI is InChI=1S/2C10H18N2O.C10H18N2S.C7H11NO.C5H12/c1-9(2,3)7-11-12-8(13-7)10(4,5)6;1-9(2,3)7-11-8(13-12-7)10(4,5)6;1-9(2,3)7-11-12-8(13-7)10(4,5)6;1-7(2,3)6-8-4-5-9-6;1-5(2,3)4/h3*1-6H3;4-5H,1-3H3;1-4H3. The first-order chi connectivity index (χ1) is 23.2. The van der Waals surface area contributed by atoms with Crippen molar-refractivity contribution in [2.75, 3.05) is 0 Å². The molecule has 53 heavy (non-hydrogen) atoms. The van der Waals surface area contributed by atoms with Crippen LogP contribution in [-0.2, 0) is 37.9 Å². The van der Waals surface area contributed by atoms with E-state index in [0.717, 1.165) is 21.7 Å². The van der Waals surface area contributed by atoms with E-state index < -0.39 is 0 Å². The number of oxazole rings is 1. The second-order valence-electron chi connectivity index (χ2n) is 22.3. The van der Waals surface area contributed by atoms with E-state index >= 15 is 0 Å². The van der Waals surface area contributed by atoms with Crippen LogP contribution in [0.15, 0.2) is 25.8 Å². The minimum atomic E-state index is -0.0590. The van der Waals surface area contributed by atoms with Crippen LogP contribution in [0.25, 0.3) is 0 Å². The Labute approximate surface area is 327 Å². The Morgan fingerprint density at radius 3 is 0.962 bits per heavy atom. The number of hydrogen-bond donors (Lipinski definition) is 0. The Kier molecular flexibility index (Phi) is 17.1. The molecule has 4 aromatic rings. The summed E-state index contributed by atoms with van der Waals surface area (Å²) in [5.74, 6) is 3.69. The zero-order valence-electron chi connectivity index (χ0n) is 38.4. The second kappa shape index (κ2) is 18.1. The third-order valence-corrected chi connectivity index (χ3v) is 8.00. The van der Waals surface area contributed by atoms with Gasteiger partial charge >= 0.3 is 0 Å². The molecule has 0 aromatic carbocycles. The molecule has 0 saturated heterocycles. The van der Waals surface area contributed by atoms with Crippen LogP contribution in [0.3, 0.4) is 0 Å². The molecule has 11 heteroatoms. The highest BCUT2D eigenvalue weighted by Gasteiger charge is 2.28. The first-order valence-electron chi connectivity index (χ1n) is 18.7. The van der Waals surface area contributed by atoms with Gasteiger partial charge in [0, 0.05) is 37.9 Å². The van der Waals surface area contributed by atoms with Crippen LogP contribution >= 0.6 is 11.3 Å². The zero-order chi connectivity index (χ0) is 42.2. The zero-order valence-corrected chi connectivity index (χ0v) is 39.2. The molecule has 4 aromatic heterocycles. The van der Waals surface area contributed by atoms with E-state index in [2.05, 4.69) is 209 Å². The van der Waals surface area contributed by atoms with Gasteiger partial charge in [-0.25, -0.2) is 4.98 Å². The van der Waals surface area contributed by atoms with Crippen molar-refractivity contribution in [1.29, 1.82) is 0 Å². The van der Waals surface area contributed by atoms with E-state index in [1.165, 1.54) is 0 Å². The average molecular weight is 760 g/mol. The molecule has 0 atom stereocenters. The molecular weight excluding hydrogens is 683 g/mol. The van der Waals surface area contributed by atoms with E-state index in [0.29, 0.717) is 23.1 Å². The molecule has 0 aliphatic heterocycles. The molecular formula is C42H77N7O3S. The molecule has 0 aliphatic rings. The molecule has 304 valence electrons. The second-order valence-corrected chi connectivity index (χ2v) is 23.3. The minimum Gasteiger partial charge on any atom is -0.448 e. The van der Waals surface area contributed by atoms with Gasteiger partial charge in [-0.3, -0.25) is 0 Å². The van der Waals surface area contributed by atoms with Gasteiger partial charge in [0.1, 0.15) is 16.3 Å². The van der Waals surface area contributed by atoms with Gasteiger partial charge < -0.3 is 13.4 Å². The van der Waals surface area contributed by atoms with Crippen molar-refractivity contribution >= 4 is 11.3 Å². The Morgan fingerprint density at radius 1 is 0.434 bits per heavy atom. The first-order valence-corrected chi connectivity index (χ1v) is 19.5. The van der Waals surface area contributed by atoms with Crippen LogP contribution in [0.4, 0.5) is 0 Å². The van der Waals surface area contributed by atoms with Gasteiger partial charge in [-0.2, -0.15) is 4.98 Å². The highest BCUT2D eigenvalue weighted by Crippen LogP contribution is 2.31. The van der Waals surface area contributed by atoms with Crippen molar-refractivity contribution in [2.45, 2.75) is 211 Å². The molecule has 4 rings (SSSR count). The van der Waals surface area contributed by atoms with Crippen LogP contribution in [0, 0.1) is 5.41 Å². The summed E-state index contributed by atoms with van der Waals surface area (Å²) in [6.45, 7) is 52.7. The van der Waals surface area contributed by atoms with Gasteiger partial charge in [0.25, 0.3) is 0 Å². The lowest BCUT2D eigenvalue weighted by atomic mass is 9.94. The highest BCUT2D eigenvalue weighted by atomic mass is 32.1. The third-order valence-electron chi connectivity index (χ3n) is 6.23. The summed E-state index contributed by atoms with van der Waals surface area (Å²) >= 11 is 1.72. The van der Waals surface area contributed by atoms with Crippen LogP contribution < -0.4 is 0 Å². The molecule has 0 spiro atoms. The van der Waals surface area contributed by atoms with Crippen molar-refractivity contribution in [1.82, 2.24) is 35.5 Å². The van der Waals surface area contributed by atoms with Gasteiger partial charge in [0.05, 0.1) is 6.20 Å². The third kappa shape index (κ3) is 20.3. The summed E-state index contributed by atoms with van der Waals surface area (Å²) in [7, 11) is 0. The molecule has 0 unspecified atom stereocenters. The Hall–Kier alpha value is -2.95. The lowest BCUT2D eigenvalue weighted by Gasteiger charge is -2.14. The number of nitrogens with zero attached hydrogens (tertiary/aromatic N) is 7. The molecule has 4 heterocycles. The largest absolute Gasteiger partial charge is 0.448 e. The van der Waals surface area contributed by atoms with Crippen molar-refractivity contribution in [3.05, 3.63) is 51.9 Å². The maximum absolute atomic E-state index is 5.59. The van der Waals surface area contributed by atoms with E-state index in [9.17, 15) is 0 Å². The van der Waals surface area contributed by atoms with Gasteiger partial charge in [-0.05, 0) is 5.41 Å². The fourth-order valence-corrected chi connectivity index (χ4v) is 4.04. The first kappa shape index (κ1) is 50.1. The smallest absolute Gasteiger partial charge is 0.232 e. The summed E-state index contributed by atoms with van der Waals surface area (Å²) in [5.41, 5.74) is 0.586. The Bertz CT molecular complexity index is 1350. The van der Waals surface area contributed by atoms with E-state index in [4.69, 9.17) is 13.4 Å². The van der Waals surface area contributed by atoms with Crippen LogP contribution in [-0.4, -0.2) is 35.5 Å². The average Bonchev–Trinajstić information content (AvgIpc) is 3.72. The normalized spacial score (nSPS) is 13.0. The monoisotopic (exact) mass is 760 g/mol. The number of aromatic nitrogens is 7. The quantitative estimate of drug-likeness (QED) is 0.171. The Balaban J connectivity index is 0.000000657. The maximum atomic E-state index is 5.59. The lowest BCUT2D eigenvalue weighted by molar-refractivity contribution is 0.314. The van der Waals surface area contributed by atoms with Crippen molar-refractivity contribution < 1.29 is 13.4 Å². The summed E-state index contributed by atoms with van der Waals surface area (Å²) in [6.07, 6.45) is 3.27. The predicted octanol–water partition coefficient (Wildman–Crippen LogP) is 12.5. The van der Waals surface area contributed by atoms with Crippen molar-refractivity contribution in [3.8, 4) is 0 Å². The maximum Gasteiger partial charge on any atom is 0.232 e. The fraction of sp³-hybridized carbons (Fsp3) is 0.786. The molecule has 10 nitrogen and oxygen atoms in total. The molecule has 0 radical (unpaired) electrons. The summed E-state index contributed by atoms with van der Waals surface area (Å²) in [5, 5.41) is 22.7. The SMILES string of the molecule is CC(C)(C)C.CC(C)(C)c1ncco1.CC(C)(C)c1nnc(C(C)(C)C)o1.CC(C)(C)c1nnc(C(C)(C)C)s1.CC(C)(C)c1noc(C(C)(C)C)n1. The summed E-state index contributed by atoms with van der Waals surface area (Å²) in [4.78, 5) is 8.40. The van der Waals surface area contributed by atoms with E-state index in [-0.39, 0.29) is 37.9 Å². The molecule has 0 N–H and O–H groups in total. The highest BCUT2D eigenvalue weighted by molar-refractivity contribution is 7.11. The Morgan fingerprint density at radius 2 is 0.792 bits per heavy atom. The topological polar surface area (TPSA) is 130 Å². The minimum absolute atomic E-state index is 0.0347. The molecule has 0 amide bonds. The van der Waals surface area contributed by atoms with Crippen LogP contribution in [0.5, 0.6) is 0 Å².